The molecule has 0 spiro atoms. The van der Waals surface area contributed by atoms with Gasteiger partial charge >= 0.3 is 12.0 Å². The van der Waals surface area contributed by atoms with Crippen LogP contribution in [0.15, 0.2) is 46.4 Å². The highest BCUT2D eigenvalue weighted by Gasteiger charge is 2.36. The summed E-state index contributed by atoms with van der Waals surface area (Å²) in [6.45, 7) is 3.59. The van der Waals surface area contributed by atoms with Crippen LogP contribution in [0.2, 0.25) is 0 Å². The van der Waals surface area contributed by atoms with Crippen molar-refractivity contribution < 1.29 is 28.7 Å². The Balaban J connectivity index is 1.89. The molecule has 0 aromatic heterocycles. The minimum Gasteiger partial charge on any atom is -0.480 e. The predicted octanol–water partition coefficient (Wildman–Crippen LogP) is 3.97. The van der Waals surface area contributed by atoms with Crippen molar-refractivity contribution in [1.82, 2.24) is 5.32 Å². The van der Waals surface area contributed by atoms with E-state index in [9.17, 15) is 19.2 Å². The first kappa shape index (κ1) is 23.9. The van der Waals surface area contributed by atoms with Gasteiger partial charge < -0.3 is 9.47 Å². The normalized spacial score (nSPS) is 15.1. The number of carbonyl (C=O) groups is 4. The zero-order valence-electron chi connectivity index (χ0n) is 17.1. The Morgan fingerprint density at radius 3 is 2.50 bits per heavy atom. The van der Waals surface area contributed by atoms with Crippen LogP contribution in [0, 0.1) is 10.5 Å². The summed E-state index contributed by atoms with van der Waals surface area (Å²) in [6.07, 6.45) is 1.40. The van der Waals surface area contributed by atoms with Crippen molar-refractivity contribution in [2.75, 3.05) is 18.1 Å². The third kappa shape index (κ3) is 5.36. The number of aryl methyl sites for hydroxylation is 1. The molecule has 4 amide bonds. The second-order valence-electron chi connectivity index (χ2n) is 6.70. The number of imide groups is 2. The van der Waals surface area contributed by atoms with Crippen LogP contribution in [0.4, 0.5) is 10.5 Å². The van der Waals surface area contributed by atoms with Crippen LogP contribution in [-0.4, -0.2) is 37.0 Å². The summed E-state index contributed by atoms with van der Waals surface area (Å²) in [4.78, 5) is 50.2. The number of halogens is 2. The number of barbiturate groups is 1. The summed E-state index contributed by atoms with van der Waals surface area (Å²) in [5.41, 5.74) is 1.67. The van der Waals surface area contributed by atoms with E-state index in [1.165, 1.54) is 6.08 Å². The fraction of sp³-hybridized carbons (Fsp3) is 0.182. The zero-order chi connectivity index (χ0) is 23.4. The molecule has 3 rings (SSSR count). The molecule has 0 atom stereocenters. The lowest BCUT2D eigenvalue weighted by Gasteiger charge is -2.26. The molecular weight excluding hydrogens is 595 g/mol. The molecule has 2 aromatic rings. The van der Waals surface area contributed by atoms with Crippen molar-refractivity contribution in [2.45, 2.75) is 13.8 Å². The minimum absolute atomic E-state index is 0.187. The van der Waals surface area contributed by atoms with Crippen molar-refractivity contribution >= 4 is 74.1 Å². The van der Waals surface area contributed by atoms with E-state index in [1.54, 1.807) is 43.3 Å². The first-order chi connectivity index (χ1) is 15.2. The molecule has 1 heterocycles. The molecule has 0 saturated carbocycles. The Labute approximate surface area is 206 Å². The largest absolute Gasteiger partial charge is 0.480 e. The Bertz CT molecular complexity index is 1110. The van der Waals surface area contributed by atoms with E-state index in [0.29, 0.717) is 25.0 Å². The molecule has 0 bridgehead atoms. The number of rotatable bonds is 6. The number of carbonyl (C=O) groups excluding carboxylic acids is 4. The molecule has 0 aliphatic carbocycles. The van der Waals surface area contributed by atoms with Gasteiger partial charge in [-0.2, -0.15) is 0 Å². The highest BCUT2D eigenvalue weighted by molar-refractivity contribution is 14.1. The number of amides is 4. The number of hydrogen-bond acceptors (Lipinski definition) is 6. The summed E-state index contributed by atoms with van der Waals surface area (Å²) in [5.74, 6) is -1.57. The van der Waals surface area contributed by atoms with E-state index in [1.807, 2.05) is 29.5 Å². The second kappa shape index (κ2) is 10.3. The van der Waals surface area contributed by atoms with E-state index in [2.05, 4.69) is 21.2 Å². The quantitative estimate of drug-likeness (QED) is 0.229. The minimum atomic E-state index is -0.806. The number of urea groups is 1. The second-order valence-corrected chi connectivity index (χ2v) is 8.72. The van der Waals surface area contributed by atoms with Crippen LogP contribution in [-0.2, 0) is 19.1 Å². The van der Waals surface area contributed by atoms with Crippen molar-refractivity contribution in [1.29, 1.82) is 0 Å². The smallest absolute Gasteiger partial charge is 0.344 e. The summed E-state index contributed by atoms with van der Waals surface area (Å²) >= 11 is 5.40. The topological polar surface area (TPSA) is 102 Å². The maximum absolute atomic E-state index is 13.0. The summed E-state index contributed by atoms with van der Waals surface area (Å²) in [6, 6.07) is 9.33. The third-order valence-corrected chi connectivity index (χ3v) is 5.76. The molecule has 1 aliphatic heterocycles. The maximum Gasteiger partial charge on any atom is 0.344 e. The van der Waals surface area contributed by atoms with Crippen molar-refractivity contribution in [3.8, 4) is 5.75 Å². The molecule has 2 aromatic carbocycles. The molecule has 1 saturated heterocycles. The van der Waals surface area contributed by atoms with Crippen molar-refractivity contribution in [2.24, 2.45) is 0 Å². The molecule has 1 fully saturated rings. The number of ether oxygens (including phenoxy) is 2. The highest BCUT2D eigenvalue weighted by atomic mass is 127. The third-order valence-electron chi connectivity index (χ3n) is 4.37. The van der Waals surface area contributed by atoms with Crippen LogP contribution in [0.25, 0.3) is 6.08 Å². The Kier molecular flexibility index (Phi) is 7.67. The lowest BCUT2D eigenvalue weighted by molar-refractivity contribution is -0.145. The molecule has 0 unspecified atom stereocenters. The Hall–Kier alpha value is -2.73. The molecule has 166 valence electrons. The zero-order valence-corrected chi connectivity index (χ0v) is 20.9. The molecule has 0 radical (unpaired) electrons. The highest BCUT2D eigenvalue weighted by Crippen LogP contribution is 2.33. The lowest BCUT2D eigenvalue weighted by atomic mass is 10.1. The van der Waals surface area contributed by atoms with Crippen molar-refractivity contribution in [3.05, 3.63) is 61.1 Å². The van der Waals surface area contributed by atoms with E-state index >= 15 is 0 Å². The predicted molar refractivity (Wildman–Crippen MR) is 129 cm³/mol. The summed E-state index contributed by atoms with van der Waals surface area (Å²) in [5, 5.41) is 2.20. The molecule has 1 N–H and O–H groups in total. The number of hydrogen-bond donors (Lipinski definition) is 1. The lowest BCUT2D eigenvalue weighted by Crippen LogP contribution is -2.54. The molecule has 32 heavy (non-hydrogen) atoms. The molecule has 10 heteroatoms. The number of benzene rings is 2. The van der Waals surface area contributed by atoms with Gasteiger partial charge in [-0.25, -0.2) is 14.5 Å². The van der Waals surface area contributed by atoms with Gasteiger partial charge in [0.2, 0.25) is 0 Å². The van der Waals surface area contributed by atoms with Crippen LogP contribution in [0.1, 0.15) is 18.1 Å². The average Bonchev–Trinajstić information content (AvgIpc) is 2.72. The van der Waals surface area contributed by atoms with E-state index in [4.69, 9.17) is 9.47 Å². The summed E-state index contributed by atoms with van der Waals surface area (Å²) < 4.78 is 11.5. The number of nitrogens with zero attached hydrogens (tertiary/aromatic N) is 1. The van der Waals surface area contributed by atoms with Gasteiger partial charge in [0.1, 0.15) is 11.3 Å². The molecular formula is C22H18BrIN2O6. The maximum atomic E-state index is 13.0. The van der Waals surface area contributed by atoms with Gasteiger partial charge in [0.25, 0.3) is 11.8 Å². The van der Waals surface area contributed by atoms with E-state index < -0.39 is 23.8 Å². The number of anilines is 1. The van der Waals surface area contributed by atoms with E-state index in [-0.39, 0.29) is 18.8 Å². The average molecular weight is 613 g/mol. The monoisotopic (exact) mass is 612 g/mol. The Morgan fingerprint density at radius 1 is 1.19 bits per heavy atom. The van der Waals surface area contributed by atoms with E-state index in [0.717, 1.165) is 10.5 Å². The van der Waals surface area contributed by atoms with Gasteiger partial charge in [0.15, 0.2) is 6.61 Å². The number of nitrogens with one attached hydrogen (secondary N) is 1. The van der Waals surface area contributed by atoms with Gasteiger partial charge in [-0.3, -0.25) is 14.9 Å². The Morgan fingerprint density at radius 2 is 1.88 bits per heavy atom. The van der Waals surface area contributed by atoms with Crippen LogP contribution < -0.4 is 15.0 Å². The van der Waals surface area contributed by atoms with Gasteiger partial charge in [-0.1, -0.05) is 17.7 Å². The van der Waals surface area contributed by atoms with Gasteiger partial charge in [-0.15, -0.1) is 0 Å². The first-order valence-electron chi connectivity index (χ1n) is 9.46. The molecule has 8 nitrogen and oxygen atoms in total. The molecule has 1 aliphatic rings. The fourth-order valence-corrected chi connectivity index (χ4v) is 4.66. The standard InChI is InChI=1S/C22H18BrIN2O6/c1-3-31-18(27)11-32-19-16(23)9-13(10-17(19)24)8-15-20(28)25-22(30)26(21(15)29)14-6-4-12(2)5-7-14/h4-10H,3,11H2,1-2H3,(H,25,28,30)/b15-8+. The fourth-order valence-electron chi connectivity index (χ4n) is 2.89. The van der Waals surface area contributed by atoms with Crippen LogP contribution in [0.5, 0.6) is 5.75 Å². The van der Waals surface area contributed by atoms with Gasteiger partial charge in [-0.05, 0) is 88.3 Å². The van der Waals surface area contributed by atoms with Crippen LogP contribution >= 0.6 is 38.5 Å². The summed E-state index contributed by atoms with van der Waals surface area (Å²) in [7, 11) is 0. The van der Waals surface area contributed by atoms with Crippen LogP contribution in [0.3, 0.4) is 0 Å². The first-order valence-corrected chi connectivity index (χ1v) is 11.3. The SMILES string of the molecule is CCOC(=O)COc1c(Br)cc(/C=C2\C(=O)NC(=O)N(c3ccc(C)cc3)C2=O)cc1I. The van der Waals surface area contributed by atoms with Gasteiger partial charge in [0, 0.05) is 0 Å². The number of esters is 1. The van der Waals surface area contributed by atoms with Crippen molar-refractivity contribution in [3.63, 3.8) is 0 Å². The van der Waals surface area contributed by atoms with Gasteiger partial charge in [0.05, 0.1) is 20.3 Å².